The highest BCUT2D eigenvalue weighted by atomic mass is 19.1. The van der Waals surface area contributed by atoms with Gasteiger partial charge >= 0.3 is 0 Å². The van der Waals surface area contributed by atoms with Crippen LogP contribution in [0, 0.1) is 5.82 Å². The van der Waals surface area contributed by atoms with Gasteiger partial charge in [-0.1, -0.05) is 18.2 Å². The van der Waals surface area contributed by atoms with Crippen molar-refractivity contribution in [1.82, 2.24) is 5.32 Å². The zero-order valence-electron chi connectivity index (χ0n) is 13.4. The van der Waals surface area contributed by atoms with Crippen molar-refractivity contribution in [3.8, 4) is 0 Å². The summed E-state index contributed by atoms with van der Waals surface area (Å²) < 4.78 is 13.2. The molecule has 124 valence electrons. The lowest BCUT2D eigenvalue weighted by molar-refractivity contribution is -0.114. The molecule has 0 unspecified atom stereocenters. The summed E-state index contributed by atoms with van der Waals surface area (Å²) in [4.78, 5) is 23.8. The third-order valence-corrected chi connectivity index (χ3v) is 4.40. The van der Waals surface area contributed by atoms with Crippen molar-refractivity contribution >= 4 is 17.5 Å². The second kappa shape index (κ2) is 6.43. The van der Waals surface area contributed by atoms with Crippen LogP contribution in [0.25, 0.3) is 0 Å². The lowest BCUT2D eigenvalue weighted by atomic mass is 9.71. The number of halogens is 1. The number of carbonyl (C=O) groups excluding carboxylic acids is 2. The Morgan fingerprint density at radius 1 is 1.08 bits per heavy atom. The minimum atomic E-state index is -0.436. The molecule has 1 aliphatic carbocycles. The molecule has 2 aromatic rings. The van der Waals surface area contributed by atoms with E-state index in [9.17, 15) is 14.0 Å². The lowest BCUT2D eigenvalue weighted by Gasteiger charge is -2.43. The summed E-state index contributed by atoms with van der Waals surface area (Å²) in [7, 11) is 0. The fourth-order valence-corrected chi connectivity index (χ4v) is 3.02. The summed E-state index contributed by atoms with van der Waals surface area (Å²) in [5.41, 5.74) is 1.55. The molecule has 0 radical (unpaired) electrons. The van der Waals surface area contributed by atoms with Gasteiger partial charge in [-0.25, -0.2) is 4.39 Å². The maximum Gasteiger partial charge on any atom is 0.252 e. The Hall–Kier alpha value is -2.69. The van der Waals surface area contributed by atoms with E-state index in [1.165, 1.54) is 19.1 Å². The Morgan fingerprint density at radius 2 is 1.79 bits per heavy atom. The number of rotatable bonds is 4. The van der Waals surface area contributed by atoms with Gasteiger partial charge in [0.2, 0.25) is 5.91 Å². The Bertz CT molecular complexity index is 767. The first-order valence-electron chi connectivity index (χ1n) is 7.95. The van der Waals surface area contributed by atoms with E-state index in [-0.39, 0.29) is 17.6 Å². The zero-order valence-corrected chi connectivity index (χ0v) is 13.4. The van der Waals surface area contributed by atoms with Gasteiger partial charge in [-0.2, -0.15) is 0 Å². The predicted octanol–water partition coefficient (Wildman–Crippen LogP) is 3.59. The molecule has 1 aliphatic rings. The highest BCUT2D eigenvalue weighted by molar-refractivity contribution is 5.97. The Balaban J connectivity index is 1.80. The monoisotopic (exact) mass is 326 g/mol. The number of nitrogens with one attached hydrogen (secondary N) is 2. The van der Waals surface area contributed by atoms with Gasteiger partial charge in [0.25, 0.3) is 5.91 Å². The quantitative estimate of drug-likeness (QED) is 0.902. The second-order valence-corrected chi connectivity index (χ2v) is 6.16. The van der Waals surface area contributed by atoms with Crippen LogP contribution in [0.2, 0.25) is 0 Å². The first-order chi connectivity index (χ1) is 11.5. The molecule has 2 aromatic carbocycles. The van der Waals surface area contributed by atoms with Gasteiger partial charge in [-0.15, -0.1) is 0 Å². The summed E-state index contributed by atoms with van der Waals surface area (Å²) in [5, 5.41) is 5.76. The Labute approximate surface area is 140 Å². The molecule has 0 aliphatic heterocycles. The van der Waals surface area contributed by atoms with E-state index < -0.39 is 5.54 Å². The summed E-state index contributed by atoms with van der Waals surface area (Å²) in [6, 6.07) is 13.1. The van der Waals surface area contributed by atoms with Crippen molar-refractivity contribution in [2.75, 3.05) is 5.32 Å². The molecule has 1 fully saturated rings. The van der Waals surface area contributed by atoms with E-state index in [0.29, 0.717) is 11.3 Å². The van der Waals surface area contributed by atoms with Gasteiger partial charge in [0.15, 0.2) is 0 Å². The van der Waals surface area contributed by atoms with Crippen molar-refractivity contribution in [1.29, 1.82) is 0 Å². The molecular weight excluding hydrogens is 307 g/mol. The SMILES string of the molecule is CC(=O)Nc1cccc(C(=O)NC2(c3ccc(F)cc3)CCC2)c1. The highest BCUT2D eigenvalue weighted by Crippen LogP contribution is 2.41. The molecular formula is C19H19FN2O2. The predicted molar refractivity (Wildman–Crippen MR) is 90.1 cm³/mol. The molecule has 0 bridgehead atoms. The molecule has 3 rings (SSSR count). The summed E-state index contributed by atoms with van der Waals surface area (Å²) >= 11 is 0. The molecule has 0 spiro atoms. The lowest BCUT2D eigenvalue weighted by Crippen LogP contribution is -2.50. The average molecular weight is 326 g/mol. The zero-order chi connectivity index (χ0) is 17.2. The molecule has 1 saturated carbocycles. The van der Waals surface area contributed by atoms with Crippen molar-refractivity contribution in [2.45, 2.75) is 31.7 Å². The first kappa shape index (κ1) is 16.2. The number of anilines is 1. The topological polar surface area (TPSA) is 58.2 Å². The van der Waals surface area contributed by atoms with Crippen LogP contribution in [0.1, 0.15) is 42.1 Å². The molecule has 0 atom stereocenters. The standard InChI is InChI=1S/C19H19FN2O2/c1-13(23)21-17-5-2-4-14(12-17)18(24)22-19(10-3-11-19)15-6-8-16(20)9-7-15/h2,4-9,12H,3,10-11H2,1H3,(H,21,23)(H,22,24). The maximum atomic E-state index is 13.2. The average Bonchev–Trinajstić information content (AvgIpc) is 2.51. The molecule has 2 N–H and O–H groups in total. The molecule has 0 saturated heterocycles. The third-order valence-electron chi connectivity index (χ3n) is 4.40. The van der Waals surface area contributed by atoms with Crippen LogP contribution in [0.15, 0.2) is 48.5 Å². The van der Waals surface area contributed by atoms with E-state index in [0.717, 1.165) is 24.8 Å². The Morgan fingerprint density at radius 3 is 2.38 bits per heavy atom. The number of hydrogen-bond acceptors (Lipinski definition) is 2. The van der Waals surface area contributed by atoms with Gasteiger partial charge in [-0.05, 0) is 55.2 Å². The molecule has 0 aromatic heterocycles. The number of benzene rings is 2. The normalized spacial score (nSPS) is 15.2. The van der Waals surface area contributed by atoms with Crippen molar-refractivity contribution in [3.05, 3.63) is 65.5 Å². The van der Waals surface area contributed by atoms with Gasteiger partial charge < -0.3 is 10.6 Å². The van der Waals surface area contributed by atoms with Gasteiger partial charge in [0, 0.05) is 18.2 Å². The number of carbonyl (C=O) groups is 2. The molecule has 4 nitrogen and oxygen atoms in total. The van der Waals surface area contributed by atoms with Gasteiger partial charge in [0.1, 0.15) is 5.82 Å². The maximum absolute atomic E-state index is 13.2. The fourth-order valence-electron chi connectivity index (χ4n) is 3.02. The fraction of sp³-hybridized carbons (Fsp3) is 0.263. The minimum absolute atomic E-state index is 0.186. The highest BCUT2D eigenvalue weighted by Gasteiger charge is 2.40. The smallest absolute Gasteiger partial charge is 0.252 e. The molecule has 24 heavy (non-hydrogen) atoms. The van der Waals surface area contributed by atoms with Crippen LogP contribution in [0.5, 0.6) is 0 Å². The van der Waals surface area contributed by atoms with Crippen molar-refractivity contribution in [3.63, 3.8) is 0 Å². The number of amides is 2. The van der Waals surface area contributed by atoms with Crippen LogP contribution >= 0.6 is 0 Å². The van der Waals surface area contributed by atoms with Gasteiger partial charge in [-0.3, -0.25) is 9.59 Å². The van der Waals surface area contributed by atoms with E-state index in [1.54, 1.807) is 36.4 Å². The van der Waals surface area contributed by atoms with Crippen LogP contribution < -0.4 is 10.6 Å². The van der Waals surface area contributed by atoms with E-state index in [1.807, 2.05) is 0 Å². The Kier molecular flexibility index (Phi) is 4.34. The first-order valence-corrected chi connectivity index (χ1v) is 7.95. The van der Waals surface area contributed by atoms with E-state index in [2.05, 4.69) is 10.6 Å². The van der Waals surface area contributed by atoms with Crippen molar-refractivity contribution < 1.29 is 14.0 Å². The van der Waals surface area contributed by atoms with Gasteiger partial charge in [0.05, 0.1) is 5.54 Å². The van der Waals surface area contributed by atoms with E-state index >= 15 is 0 Å². The van der Waals surface area contributed by atoms with Crippen LogP contribution in [-0.2, 0) is 10.3 Å². The molecule has 5 heteroatoms. The number of hydrogen-bond donors (Lipinski definition) is 2. The molecule has 2 amide bonds. The van der Waals surface area contributed by atoms with Crippen LogP contribution in [-0.4, -0.2) is 11.8 Å². The third kappa shape index (κ3) is 3.30. The second-order valence-electron chi connectivity index (χ2n) is 6.16. The van der Waals surface area contributed by atoms with Crippen LogP contribution in [0.3, 0.4) is 0 Å². The summed E-state index contributed by atoms with van der Waals surface area (Å²) in [6.07, 6.45) is 2.68. The van der Waals surface area contributed by atoms with Crippen LogP contribution in [0.4, 0.5) is 10.1 Å². The largest absolute Gasteiger partial charge is 0.343 e. The van der Waals surface area contributed by atoms with Crippen molar-refractivity contribution in [2.24, 2.45) is 0 Å². The summed E-state index contributed by atoms with van der Waals surface area (Å²) in [6.45, 7) is 1.42. The van der Waals surface area contributed by atoms with E-state index in [4.69, 9.17) is 0 Å². The molecule has 0 heterocycles. The minimum Gasteiger partial charge on any atom is -0.343 e. The summed E-state index contributed by atoms with van der Waals surface area (Å²) in [5.74, 6) is -0.678.